The molecule has 0 bridgehead atoms. The van der Waals surface area contributed by atoms with Crippen LogP contribution < -0.4 is 0 Å². The Labute approximate surface area is 167 Å². The molecule has 5 nitrogen and oxygen atoms in total. The normalized spacial score (nSPS) is 15.9. The van der Waals surface area contributed by atoms with Crippen molar-refractivity contribution >= 4 is 23.2 Å². The van der Waals surface area contributed by atoms with Gasteiger partial charge in [-0.1, -0.05) is 24.3 Å². The Morgan fingerprint density at radius 1 is 0.857 bits per heavy atom. The number of furan rings is 1. The molecule has 0 unspecified atom stereocenters. The zero-order valence-corrected chi connectivity index (χ0v) is 16.2. The molecule has 2 aliphatic rings. The van der Waals surface area contributed by atoms with Crippen LogP contribution in [0.3, 0.4) is 0 Å². The molecule has 1 aliphatic heterocycles. The fourth-order valence-corrected chi connectivity index (χ4v) is 5.24. The topological polar surface area (TPSA) is 53.8 Å². The molecule has 2 amide bonds. The van der Waals surface area contributed by atoms with Gasteiger partial charge in [0.25, 0.3) is 11.8 Å². The number of piperazine rings is 1. The number of carbonyl (C=O) groups excluding carboxylic acids is 2. The first-order valence-corrected chi connectivity index (χ1v) is 10.4. The van der Waals surface area contributed by atoms with Crippen molar-refractivity contribution in [3.05, 3.63) is 70.5 Å². The van der Waals surface area contributed by atoms with Crippen molar-refractivity contribution in [1.29, 1.82) is 0 Å². The van der Waals surface area contributed by atoms with Crippen LogP contribution in [0, 0.1) is 0 Å². The van der Waals surface area contributed by atoms with Crippen LogP contribution in [0.25, 0.3) is 10.4 Å². The number of hydrogen-bond acceptors (Lipinski definition) is 4. The van der Waals surface area contributed by atoms with Crippen molar-refractivity contribution in [2.45, 2.75) is 12.8 Å². The SMILES string of the molecule is O=C(c1ccco1)N1CCN(C(=O)c2cc3c(s2)-c2ccccc2CC3)CC1. The molecule has 0 radical (unpaired) electrons. The molecular weight excluding hydrogens is 372 g/mol. The highest BCUT2D eigenvalue weighted by molar-refractivity contribution is 7.17. The molecule has 142 valence electrons. The van der Waals surface area contributed by atoms with E-state index in [2.05, 4.69) is 30.3 Å². The van der Waals surface area contributed by atoms with Crippen LogP contribution in [0.4, 0.5) is 0 Å². The van der Waals surface area contributed by atoms with Crippen molar-refractivity contribution in [3.63, 3.8) is 0 Å². The minimum absolute atomic E-state index is 0.0713. The van der Waals surface area contributed by atoms with Gasteiger partial charge in [-0.25, -0.2) is 0 Å². The summed E-state index contributed by atoms with van der Waals surface area (Å²) < 4.78 is 5.20. The lowest BCUT2D eigenvalue weighted by Gasteiger charge is -2.34. The predicted molar refractivity (Wildman–Crippen MR) is 108 cm³/mol. The lowest BCUT2D eigenvalue weighted by molar-refractivity contribution is 0.0520. The second kappa shape index (κ2) is 6.95. The van der Waals surface area contributed by atoms with Gasteiger partial charge in [0.1, 0.15) is 0 Å². The minimum atomic E-state index is -0.111. The maximum Gasteiger partial charge on any atom is 0.289 e. The molecule has 3 aromatic rings. The number of hydrogen-bond donors (Lipinski definition) is 0. The Hall–Kier alpha value is -2.86. The monoisotopic (exact) mass is 392 g/mol. The number of amides is 2. The molecule has 0 atom stereocenters. The van der Waals surface area contributed by atoms with Gasteiger partial charge in [0.05, 0.1) is 11.1 Å². The summed E-state index contributed by atoms with van der Waals surface area (Å²) >= 11 is 1.60. The Morgan fingerprint density at radius 3 is 2.32 bits per heavy atom. The van der Waals surface area contributed by atoms with Gasteiger partial charge in [0, 0.05) is 31.1 Å². The minimum Gasteiger partial charge on any atom is -0.459 e. The summed E-state index contributed by atoms with van der Waals surface area (Å²) in [7, 11) is 0. The van der Waals surface area contributed by atoms with Crippen LogP contribution in [0.2, 0.25) is 0 Å². The van der Waals surface area contributed by atoms with Crippen LogP contribution in [0.1, 0.15) is 31.4 Å². The number of fused-ring (bicyclic) bond motifs is 3. The number of thiophene rings is 1. The lowest BCUT2D eigenvalue weighted by Crippen LogP contribution is -2.50. The summed E-state index contributed by atoms with van der Waals surface area (Å²) in [5.41, 5.74) is 3.90. The number of nitrogens with zero attached hydrogens (tertiary/aromatic N) is 2. The molecule has 3 heterocycles. The quantitative estimate of drug-likeness (QED) is 0.668. The lowest BCUT2D eigenvalue weighted by atomic mass is 9.91. The first kappa shape index (κ1) is 17.3. The van der Waals surface area contributed by atoms with E-state index in [1.54, 1.807) is 28.4 Å². The summed E-state index contributed by atoms with van der Waals surface area (Å²) in [6.45, 7) is 2.15. The standard InChI is InChI=1S/C22H20N2O3S/c25-21(18-6-3-13-27-18)23-9-11-24(12-10-23)22(26)19-14-16-8-7-15-4-1-2-5-17(15)20(16)28-19/h1-6,13-14H,7-12H2. The van der Waals surface area contributed by atoms with Crippen LogP contribution >= 0.6 is 11.3 Å². The van der Waals surface area contributed by atoms with E-state index in [0.29, 0.717) is 31.9 Å². The summed E-state index contributed by atoms with van der Waals surface area (Å²) in [5, 5.41) is 0. The third kappa shape index (κ3) is 2.94. The maximum atomic E-state index is 13.0. The van der Waals surface area contributed by atoms with Crippen LogP contribution in [0.5, 0.6) is 0 Å². The largest absolute Gasteiger partial charge is 0.459 e. The molecular formula is C22H20N2O3S. The molecule has 1 aliphatic carbocycles. The molecule has 5 rings (SSSR count). The van der Waals surface area contributed by atoms with Gasteiger partial charge in [-0.3, -0.25) is 9.59 Å². The van der Waals surface area contributed by atoms with Crippen molar-refractivity contribution in [2.24, 2.45) is 0 Å². The van der Waals surface area contributed by atoms with E-state index >= 15 is 0 Å². The van der Waals surface area contributed by atoms with E-state index < -0.39 is 0 Å². The average Bonchev–Trinajstić information content (AvgIpc) is 3.43. The van der Waals surface area contributed by atoms with E-state index in [9.17, 15) is 9.59 Å². The highest BCUT2D eigenvalue weighted by atomic mass is 32.1. The van der Waals surface area contributed by atoms with E-state index in [1.807, 2.05) is 4.90 Å². The molecule has 1 fully saturated rings. The Kier molecular flexibility index (Phi) is 4.28. The van der Waals surface area contributed by atoms with Gasteiger partial charge < -0.3 is 14.2 Å². The zero-order chi connectivity index (χ0) is 19.1. The van der Waals surface area contributed by atoms with Gasteiger partial charge in [-0.05, 0) is 47.7 Å². The second-order valence-electron chi connectivity index (χ2n) is 7.18. The number of carbonyl (C=O) groups is 2. The molecule has 6 heteroatoms. The van der Waals surface area contributed by atoms with Gasteiger partial charge >= 0.3 is 0 Å². The van der Waals surface area contributed by atoms with E-state index in [-0.39, 0.29) is 11.8 Å². The fourth-order valence-electron chi connectivity index (χ4n) is 4.00. The Morgan fingerprint density at radius 2 is 1.57 bits per heavy atom. The zero-order valence-electron chi connectivity index (χ0n) is 15.4. The molecule has 0 spiro atoms. The molecule has 0 saturated carbocycles. The van der Waals surface area contributed by atoms with Crippen molar-refractivity contribution in [1.82, 2.24) is 9.80 Å². The van der Waals surface area contributed by atoms with Crippen molar-refractivity contribution in [3.8, 4) is 10.4 Å². The van der Waals surface area contributed by atoms with Crippen LogP contribution in [0.15, 0.2) is 53.1 Å². The second-order valence-corrected chi connectivity index (χ2v) is 8.24. The van der Waals surface area contributed by atoms with Gasteiger partial charge in [-0.15, -0.1) is 11.3 Å². The first-order valence-electron chi connectivity index (χ1n) is 9.54. The van der Waals surface area contributed by atoms with Crippen molar-refractivity contribution in [2.75, 3.05) is 26.2 Å². The number of benzene rings is 1. The van der Waals surface area contributed by atoms with E-state index in [0.717, 1.165) is 17.7 Å². The third-order valence-corrected chi connectivity index (χ3v) is 6.73. The summed E-state index contributed by atoms with van der Waals surface area (Å²) in [5.74, 6) is 0.312. The van der Waals surface area contributed by atoms with Crippen LogP contribution in [-0.4, -0.2) is 47.8 Å². The molecule has 1 saturated heterocycles. The van der Waals surface area contributed by atoms with Gasteiger partial charge in [0.2, 0.25) is 0 Å². The smallest absolute Gasteiger partial charge is 0.289 e. The predicted octanol–water partition coefficient (Wildman–Crippen LogP) is 3.70. The van der Waals surface area contributed by atoms with Gasteiger partial charge in [-0.2, -0.15) is 0 Å². The van der Waals surface area contributed by atoms with E-state index in [1.165, 1.54) is 27.8 Å². The summed E-state index contributed by atoms with van der Waals surface area (Å²) in [4.78, 5) is 31.1. The van der Waals surface area contributed by atoms with Gasteiger partial charge in [0.15, 0.2) is 5.76 Å². The average molecular weight is 392 g/mol. The third-order valence-electron chi connectivity index (χ3n) is 5.53. The van der Waals surface area contributed by atoms with Crippen molar-refractivity contribution < 1.29 is 14.0 Å². The summed E-state index contributed by atoms with van der Waals surface area (Å²) in [6.07, 6.45) is 3.52. The number of rotatable bonds is 2. The first-order chi connectivity index (χ1) is 13.7. The Bertz CT molecular complexity index is 1030. The highest BCUT2D eigenvalue weighted by Gasteiger charge is 2.28. The molecule has 1 aromatic carbocycles. The molecule has 2 aromatic heterocycles. The fraction of sp³-hybridized carbons (Fsp3) is 0.273. The molecule has 28 heavy (non-hydrogen) atoms. The maximum absolute atomic E-state index is 13.0. The molecule has 0 N–H and O–H groups in total. The van der Waals surface area contributed by atoms with E-state index in [4.69, 9.17) is 4.42 Å². The number of aryl methyl sites for hydroxylation is 2. The Balaban J connectivity index is 1.30. The van der Waals surface area contributed by atoms with Crippen LogP contribution in [-0.2, 0) is 12.8 Å². The summed E-state index contributed by atoms with van der Waals surface area (Å²) in [6, 6.07) is 13.9. The highest BCUT2D eigenvalue weighted by Crippen LogP contribution is 2.39.